The normalized spacial score (nSPS) is 10.9. The molecule has 2 rings (SSSR count). The Bertz CT molecular complexity index is 583. The number of rotatable bonds is 5. The summed E-state index contributed by atoms with van der Waals surface area (Å²) in [5.41, 5.74) is 1.19. The zero-order valence-corrected chi connectivity index (χ0v) is 12.3. The molecule has 1 heterocycles. The lowest BCUT2D eigenvalue weighted by Gasteiger charge is -2.09. The van der Waals surface area contributed by atoms with E-state index in [4.69, 9.17) is 17.0 Å². The molecule has 4 nitrogen and oxygen atoms in total. The first-order valence-electron chi connectivity index (χ1n) is 6.38. The van der Waals surface area contributed by atoms with E-state index in [9.17, 15) is 0 Å². The summed E-state index contributed by atoms with van der Waals surface area (Å²) in [5.74, 6) is 2.38. The minimum Gasteiger partial charge on any atom is -0.493 e. The molecule has 0 spiro atoms. The lowest BCUT2D eigenvalue weighted by molar-refractivity contribution is 0.271. The number of hydrogen-bond donors (Lipinski definition) is 1. The summed E-state index contributed by atoms with van der Waals surface area (Å²) in [6, 6.07) is 8.12. The second-order valence-corrected chi connectivity index (χ2v) is 5.42. The second-order valence-electron chi connectivity index (χ2n) is 5.03. The summed E-state index contributed by atoms with van der Waals surface area (Å²) in [6.45, 7) is 5.02. The van der Waals surface area contributed by atoms with Crippen LogP contribution in [0.25, 0.3) is 0 Å². The summed E-state index contributed by atoms with van der Waals surface area (Å²) in [4.78, 5) is 0. The third kappa shape index (κ3) is 3.67. The molecule has 0 saturated heterocycles. The molecule has 1 aromatic heterocycles. The Morgan fingerprint density at radius 1 is 1.32 bits per heavy atom. The number of hydrogen-bond acceptors (Lipinski definition) is 3. The number of benzene rings is 1. The van der Waals surface area contributed by atoms with Crippen LogP contribution < -0.4 is 4.74 Å². The van der Waals surface area contributed by atoms with E-state index in [1.165, 1.54) is 5.56 Å². The number of ether oxygens (including phenoxy) is 1. The van der Waals surface area contributed by atoms with E-state index in [0.717, 1.165) is 24.6 Å². The lowest BCUT2D eigenvalue weighted by atomic mass is 10.1. The van der Waals surface area contributed by atoms with Crippen LogP contribution in [0.3, 0.4) is 0 Å². The van der Waals surface area contributed by atoms with Crippen molar-refractivity contribution in [2.75, 3.05) is 6.61 Å². The van der Waals surface area contributed by atoms with Gasteiger partial charge in [-0.05, 0) is 35.8 Å². The Kier molecular flexibility index (Phi) is 4.37. The SMILES string of the molecule is CC(C)COc1ccc(Cc2n[nH]c(=S)n2C)cc1. The molecule has 0 radical (unpaired) electrons. The molecule has 0 atom stereocenters. The molecule has 1 aromatic carbocycles. The van der Waals surface area contributed by atoms with E-state index >= 15 is 0 Å². The van der Waals surface area contributed by atoms with Crippen molar-refractivity contribution in [2.45, 2.75) is 20.3 Å². The van der Waals surface area contributed by atoms with Gasteiger partial charge in [0.05, 0.1) is 6.61 Å². The molecule has 19 heavy (non-hydrogen) atoms. The van der Waals surface area contributed by atoms with Gasteiger partial charge in [-0.3, -0.25) is 5.10 Å². The summed E-state index contributed by atoms with van der Waals surface area (Å²) < 4.78 is 8.19. The maximum Gasteiger partial charge on any atom is 0.194 e. The van der Waals surface area contributed by atoms with Crippen molar-refractivity contribution in [1.29, 1.82) is 0 Å². The first-order valence-corrected chi connectivity index (χ1v) is 6.79. The van der Waals surface area contributed by atoms with Crippen molar-refractivity contribution < 1.29 is 4.74 Å². The molecule has 0 unspecified atom stereocenters. The molecule has 0 saturated carbocycles. The summed E-state index contributed by atoms with van der Waals surface area (Å²) >= 11 is 5.09. The fourth-order valence-electron chi connectivity index (χ4n) is 1.69. The first kappa shape index (κ1) is 13.8. The number of H-pyrrole nitrogens is 1. The molecule has 0 aliphatic heterocycles. The molecule has 0 aliphatic carbocycles. The number of aromatic nitrogens is 3. The van der Waals surface area contributed by atoms with Crippen molar-refractivity contribution >= 4 is 12.2 Å². The van der Waals surface area contributed by atoms with Gasteiger partial charge in [-0.2, -0.15) is 5.10 Å². The highest BCUT2D eigenvalue weighted by Gasteiger charge is 2.04. The maximum atomic E-state index is 5.66. The van der Waals surface area contributed by atoms with Crippen LogP contribution in [0.4, 0.5) is 0 Å². The van der Waals surface area contributed by atoms with Gasteiger partial charge in [-0.25, -0.2) is 0 Å². The van der Waals surface area contributed by atoms with Crippen molar-refractivity contribution in [3.05, 3.63) is 40.4 Å². The van der Waals surface area contributed by atoms with Crippen molar-refractivity contribution in [1.82, 2.24) is 14.8 Å². The molecule has 1 N–H and O–H groups in total. The standard InChI is InChI=1S/C14H19N3OS/c1-10(2)9-18-12-6-4-11(5-7-12)8-13-15-16-14(19)17(13)3/h4-7,10H,8-9H2,1-3H3,(H,16,19). The van der Waals surface area contributed by atoms with Crippen LogP contribution in [0.1, 0.15) is 25.2 Å². The predicted molar refractivity (Wildman–Crippen MR) is 78.0 cm³/mol. The topological polar surface area (TPSA) is 42.8 Å². The summed E-state index contributed by atoms with van der Waals surface area (Å²) in [5, 5.41) is 7.00. The van der Waals surface area contributed by atoms with Crippen LogP contribution in [0.15, 0.2) is 24.3 Å². The van der Waals surface area contributed by atoms with Gasteiger partial charge in [0.25, 0.3) is 0 Å². The van der Waals surface area contributed by atoms with Crippen LogP contribution in [0.2, 0.25) is 0 Å². The summed E-state index contributed by atoms with van der Waals surface area (Å²) in [6.07, 6.45) is 0.758. The van der Waals surface area contributed by atoms with E-state index in [-0.39, 0.29) is 0 Å². The fraction of sp³-hybridized carbons (Fsp3) is 0.429. The van der Waals surface area contributed by atoms with Crippen molar-refractivity contribution in [3.8, 4) is 5.75 Å². The summed E-state index contributed by atoms with van der Waals surface area (Å²) in [7, 11) is 1.92. The minimum absolute atomic E-state index is 0.535. The quantitative estimate of drug-likeness (QED) is 0.854. The number of nitrogens with zero attached hydrogens (tertiary/aromatic N) is 2. The average Bonchev–Trinajstić information content (AvgIpc) is 2.70. The highest BCUT2D eigenvalue weighted by atomic mass is 32.1. The van der Waals surface area contributed by atoms with Crippen molar-refractivity contribution in [3.63, 3.8) is 0 Å². The van der Waals surface area contributed by atoms with Gasteiger partial charge < -0.3 is 9.30 Å². The largest absolute Gasteiger partial charge is 0.493 e. The molecule has 0 fully saturated rings. The predicted octanol–water partition coefficient (Wildman–Crippen LogP) is 3.10. The van der Waals surface area contributed by atoms with Crippen molar-refractivity contribution in [2.24, 2.45) is 13.0 Å². The molecule has 5 heteroatoms. The Labute approximate surface area is 118 Å². The molecular formula is C14H19N3OS. The van der Waals surface area contributed by atoms with E-state index < -0.39 is 0 Å². The maximum absolute atomic E-state index is 5.66. The smallest absolute Gasteiger partial charge is 0.194 e. The first-order chi connectivity index (χ1) is 9.06. The third-order valence-corrected chi connectivity index (χ3v) is 3.21. The fourth-order valence-corrected chi connectivity index (χ4v) is 1.84. The molecule has 0 aliphatic rings. The lowest BCUT2D eigenvalue weighted by Crippen LogP contribution is -2.04. The van der Waals surface area contributed by atoms with Crippen LogP contribution in [-0.4, -0.2) is 21.4 Å². The van der Waals surface area contributed by atoms with E-state index in [2.05, 4.69) is 36.2 Å². The Morgan fingerprint density at radius 3 is 2.53 bits per heavy atom. The molecular weight excluding hydrogens is 258 g/mol. The highest BCUT2D eigenvalue weighted by molar-refractivity contribution is 7.71. The number of aromatic amines is 1. The van der Waals surface area contributed by atoms with E-state index in [1.54, 1.807) is 0 Å². The zero-order chi connectivity index (χ0) is 13.8. The van der Waals surface area contributed by atoms with Crippen LogP contribution in [-0.2, 0) is 13.5 Å². The Morgan fingerprint density at radius 2 is 2.00 bits per heavy atom. The molecule has 102 valence electrons. The molecule has 2 aromatic rings. The zero-order valence-electron chi connectivity index (χ0n) is 11.5. The average molecular weight is 277 g/mol. The van der Waals surface area contributed by atoms with Crippen LogP contribution in [0.5, 0.6) is 5.75 Å². The van der Waals surface area contributed by atoms with Gasteiger partial charge in [0.2, 0.25) is 0 Å². The van der Waals surface area contributed by atoms with Gasteiger partial charge in [0, 0.05) is 13.5 Å². The monoisotopic (exact) mass is 277 g/mol. The van der Waals surface area contributed by atoms with Gasteiger partial charge in [0.1, 0.15) is 11.6 Å². The van der Waals surface area contributed by atoms with Crippen LogP contribution in [0, 0.1) is 10.7 Å². The number of nitrogens with one attached hydrogen (secondary N) is 1. The Balaban J connectivity index is 2.02. The minimum atomic E-state index is 0.535. The van der Waals surface area contributed by atoms with Gasteiger partial charge in [-0.1, -0.05) is 26.0 Å². The van der Waals surface area contributed by atoms with Gasteiger partial charge in [0.15, 0.2) is 4.77 Å². The second kappa shape index (κ2) is 6.02. The molecule has 0 bridgehead atoms. The van der Waals surface area contributed by atoms with Crippen LogP contribution >= 0.6 is 12.2 Å². The van der Waals surface area contributed by atoms with E-state index in [0.29, 0.717) is 10.7 Å². The Hall–Kier alpha value is -1.62. The third-order valence-electron chi connectivity index (χ3n) is 2.84. The highest BCUT2D eigenvalue weighted by Crippen LogP contribution is 2.15. The van der Waals surface area contributed by atoms with Gasteiger partial charge in [-0.15, -0.1) is 0 Å². The van der Waals surface area contributed by atoms with Gasteiger partial charge >= 0.3 is 0 Å². The molecule has 0 amide bonds. The van der Waals surface area contributed by atoms with E-state index in [1.807, 2.05) is 23.7 Å².